The smallest absolute Gasteiger partial charge is 0.319 e. The first kappa shape index (κ1) is 23.9. The number of carbonyl (C=O) groups excluding carboxylic acids is 1. The monoisotopic (exact) mass is 445 g/mol. The van der Waals surface area contributed by atoms with Crippen LogP contribution in [0.4, 0.5) is 10.5 Å². The van der Waals surface area contributed by atoms with Gasteiger partial charge in [-0.25, -0.2) is 9.78 Å². The van der Waals surface area contributed by atoms with Crippen LogP contribution in [0.15, 0.2) is 54.9 Å². The number of unbranched alkanes of at least 4 members (excludes halogenated alkanes) is 2. The van der Waals surface area contributed by atoms with Gasteiger partial charge in [0.05, 0.1) is 24.2 Å². The predicted molar refractivity (Wildman–Crippen MR) is 130 cm³/mol. The van der Waals surface area contributed by atoms with Crippen LogP contribution in [0.2, 0.25) is 0 Å². The van der Waals surface area contributed by atoms with Gasteiger partial charge in [0.15, 0.2) is 0 Å². The van der Waals surface area contributed by atoms with Crippen LogP contribution in [0.3, 0.4) is 0 Å². The summed E-state index contributed by atoms with van der Waals surface area (Å²) in [5.41, 5.74) is 3.96. The summed E-state index contributed by atoms with van der Waals surface area (Å²) in [5.74, 6) is 0.491. The second-order valence-corrected chi connectivity index (χ2v) is 7.82. The average Bonchev–Trinajstić information content (AvgIpc) is 3.21. The third-order valence-electron chi connectivity index (χ3n) is 5.40. The van der Waals surface area contributed by atoms with E-state index in [1.807, 2.05) is 24.5 Å². The van der Waals surface area contributed by atoms with Crippen molar-refractivity contribution in [3.8, 4) is 23.1 Å². The molecule has 1 heterocycles. The van der Waals surface area contributed by atoms with Gasteiger partial charge < -0.3 is 19.9 Å². The average molecular weight is 446 g/mol. The van der Waals surface area contributed by atoms with Crippen LogP contribution >= 0.6 is 0 Å². The Balaban J connectivity index is 1.57. The van der Waals surface area contributed by atoms with E-state index in [9.17, 15) is 10.1 Å². The molecule has 0 fully saturated rings. The molecule has 0 bridgehead atoms. The van der Waals surface area contributed by atoms with E-state index >= 15 is 0 Å². The Hall–Kier alpha value is -3.79. The molecule has 3 rings (SSSR count). The van der Waals surface area contributed by atoms with E-state index in [4.69, 9.17) is 4.74 Å². The van der Waals surface area contributed by atoms with Crippen molar-refractivity contribution in [2.45, 2.75) is 46.1 Å². The Morgan fingerprint density at radius 2 is 1.94 bits per heavy atom. The summed E-state index contributed by atoms with van der Waals surface area (Å²) in [7, 11) is 0. The number of hydrogen-bond donors (Lipinski definition) is 2. The molecule has 2 amide bonds. The summed E-state index contributed by atoms with van der Waals surface area (Å²) in [6.07, 6.45) is 5.68. The molecule has 0 aliphatic rings. The molecule has 7 nitrogen and oxygen atoms in total. The Bertz CT molecular complexity index is 1090. The summed E-state index contributed by atoms with van der Waals surface area (Å²) in [4.78, 5) is 16.8. The van der Waals surface area contributed by atoms with Crippen LogP contribution in [0.5, 0.6) is 5.75 Å². The van der Waals surface area contributed by atoms with Crippen molar-refractivity contribution in [3.63, 3.8) is 0 Å². The number of anilines is 1. The molecule has 0 spiro atoms. The molecule has 7 heteroatoms. The number of aromatic nitrogens is 2. The zero-order chi connectivity index (χ0) is 23.5. The Morgan fingerprint density at radius 3 is 2.70 bits per heavy atom. The van der Waals surface area contributed by atoms with Gasteiger partial charge in [0, 0.05) is 24.3 Å². The van der Waals surface area contributed by atoms with Gasteiger partial charge in [0.2, 0.25) is 0 Å². The Labute approximate surface area is 195 Å². The van der Waals surface area contributed by atoms with E-state index < -0.39 is 0 Å². The largest absolute Gasteiger partial charge is 0.491 e. The number of aryl methyl sites for hydroxylation is 1. The summed E-state index contributed by atoms with van der Waals surface area (Å²) in [5, 5.41) is 15.1. The fraction of sp³-hybridized carbons (Fsp3) is 0.346. The molecular formula is C26H31N5O2. The zero-order valence-electron chi connectivity index (χ0n) is 19.3. The van der Waals surface area contributed by atoms with Crippen LogP contribution in [-0.2, 0) is 6.54 Å². The van der Waals surface area contributed by atoms with Gasteiger partial charge in [-0.15, -0.1) is 0 Å². The maximum absolute atomic E-state index is 12.3. The standard InChI is InChI=1S/C26H31N5O2/c1-3-4-8-15-28-26(32)30-25-22(18-27)13-9-14-23(25)33-17-10-16-31-19-29-24(20(31)2)21-11-6-5-7-12-21/h5-7,9,11-14,19H,3-4,8,10,15-17H2,1-2H3,(H2,28,30,32). The van der Waals surface area contributed by atoms with Gasteiger partial charge in [0.1, 0.15) is 17.5 Å². The number of rotatable bonds is 11. The number of hydrogen-bond acceptors (Lipinski definition) is 4. The normalized spacial score (nSPS) is 10.5. The van der Waals surface area contributed by atoms with Gasteiger partial charge in [-0.1, -0.05) is 56.2 Å². The first-order chi connectivity index (χ1) is 16.1. The highest BCUT2D eigenvalue weighted by atomic mass is 16.5. The van der Waals surface area contributed by atoms with E-state index in [0.717, 1.165) is 49.2 Å². The van der Waals surface area contributed by atoms with Crippen molar-refractivity contribution >= 4 is 11.7 Å². The molecule has 33 heavy (non-hydrogen) atoms. The maximum Gasteiger partial charge on any atom is 0.319 e. The van der Waals surface area contributed by atoms with Crippen molar-refractivity contribution in [3.05, 3.63) is 66.1 Å². The Kier molecular flexibility index (Phi) is 8.89. The lowest BCUT2D eigenvalue weighted by molar-refractivity contribution is 0.251. The van der Waals surface area contributed by atoms with Crippen LogP contribution in [0.25, 0.3) is 11.3 Å². The molecule has 2 N–H and O–H groups in total. The summed E-state index contributed by atoms with van der Waals surface area (Å²) < 4.78 is 8.06. The van der Waals surface area contributed by atoms with Crippen LogP contribution in [-0.4, -0.2) is 28.7 Å². The third kappa shape index (κ3) is 6.59. The first-order valence-electron chi connectivity index (χ1n) is 11.4. The lowest BCUT2D eigenvalue weighted by Gasteiger charge is -2.15. The Morgan fingerprint density at radius 1 is 1.12 bits per heavy atom. The second kappa shape index (κ2) is 12.3. The number of carbonyl (C=O) groups is 1. The summed E-state index contributed by atoms with van der Waals surface area (Å²) >= 11 is 0. The molecule has 172 valence electrons. The van der Waals surface area contributed by atoms with Crippen molar-refractivity contribution < 1.29 is 9.53 Å². The van der Waals surface area contributed by atoms with Crippen LogP contribution < -0.4 is 15.4 Å². The van der Waals surface area contributed by atoms with Gasteiger partial charge in [-0.05, 0) is 31.9 Å². The molecule has 0 aliphatic heterocycles. The molecule has 0 saturated carbocycles. The van der Waals surface area contributed by atoms with E-state index in [1.165, 1.54) is 0 Å². The molecule has 3 aromatic rings. The molecular weight excluding hydrogens is 414 g/mol. The molecule has 0 radical (unpaired) electrons. The summed E-state index contributed by atoms with van der Waals surface area (Å²) in [6, 6.07) is 17.1. The van der Waals surface area contributed by atoms with E-state index in [2.05, 4.69) is 52.2 Å². The maximum atomic E-state index is 12.3. The highest BCUT2D eigenvalue weighted by Crippen LogP contribution is 2.28. The number of nitrogens with one attached hydrogen (secondary N) is 2. The van der Waals surface area contributed by atoms with Gasteiger partial charge in [0.25, 0.3) is 0 Å². The lowest BCUT2D eigenvalue weighted by atomic mass is 10.1. The van der Waals surface area contributed by atoms with Gasteiger partial charge in [-0.3, -0.25) is 0 Å². The number of nitrogens with zero attached hydrogens (tertiary/aromatic N) is 3. The van der Waals surface area contributed by atoms with Crippen molar-refractivity contribution in [2.75, 3.05) is 18.5 Å². The minimum absolute atomic E-state index is 0.332. The number of imidazole rings is 1. The first-order valence-corrected chi connectivity index (χ1v) is 11.4. The van der Waals surface area contributed by atoms with Crippen LogP contribution in [0.1, 0.15) is 43.9 Å². The molecule has 0 saturated heterocycles. The fourth-order valence-corrected chi connectivity index (χ4v) is 3.57. The molecule has 0 unspecified atom stereocenters. The van der Waals surface area contributed by atoms with E-state index in [-0.39, 0.29) is 6.03 Å². The highest BCUT2D eigenvalue weighted by molar-refractivity contribution is 5.92. The number of amides is 2. The SMILES string of the molecule is CCCCCNC(=O)Nc1c(C#N)cccc1OCCCn1cnc(-c2ccccc2)c1C. The molecule has 1 aromatic heterocycles. The third-order valence-corrected chi connectivity index (χ3v) is 5.40. The molecule has 0 atom stereocenters. The molecule has 2 aromatic carbocycles. The van der Waals surface area contributed by atoms with Crippen molar-refractivity contribution in [1.29, 1.82) is 5.26 Å². The quantitative estimate of drug-likeness (QED) is 0.381. The number of nitriles is 1. The van der Waals surface area contributed by atoms with Crippen LogP contribution in [0, 0.1) is 18.3 Å². The number of para-hydroxylation sites is 1. The second-order valence-electron chi connectivity index (χ2n) is 7.82. The van der Waals surface area contributed by atoms with Gasteiger partial charge >= 0.3 is 6.03 Å². The van der Waals surface area contributed by atoms with E-state index in [1.54, 1.807) is 18.2 Å². The van der Waals surface area contributed by atoms with E-state index in [0.29, 0.717) is 30.2 Å². The molecule has 0 aliphatic carbocycles. The van der Waals surface area contributed by atoms with Gasteiger partial charge in [-0.2, -0.15) is 5.26 Å². The lowest BCUT2D eigenvalue weighted by Crippen LogP contribution is -2.30. The fourth-order valence-electron chi connectivity index (χ4n) is 3.57. The minimum atomic E-state index is -0.332. The number of benzene rings is 2. The zero-order valence-corrected chi connectivity index (χ0v) is 19.3. The summed E-state index contributed by atoms with van der Waals surface area (Å²) in [6.45, 7) is 5.97. The number of ether oxygens (including phenoxy) is 1. The number of urea groups is 1. The predicted octanol–water partition coefficient (Wildman–Crippen LogP) is 5.51. The van der Waals surface area contributed by atoms with Crippen molar-refractivity contribution in [2.24, 2.45) is 0 Å². The minimum Gasteiger partial charge on any atom is -0.491 e. The van der Waals surface area contributed by atoms with Crippen molar-refractivity contribution in [1.82, 2.24) is 14.9 Å². The highest BCUT2D eigenvalue weighted by Gasteiger charge is 2.13. The topological polar surface area (TPSA) is 92.0 Å².